The van der Waals surface area contributed by atoms with Gasteiger partial charge in [-0.25, -0.2) is 0 Å². The molecule has 0 fully saturated rings. The third kappa shape index (κ3) is 3.41. The van der Waals surface area contributed by atoms with Crippen molar-refractivity contribution in [3.63, 3.8) is 0 Å². The Balaban J connectivity index is 2.64. The zero-order valence-electron chi connectivity index (χ0n) is 6.90. The van der Waals surface area contributed by atoms with Crippen molar-refractivity contribution in [2.75, 3.05) is 0 Å². The fraction of sp³-hybridized carbons (Fsp3) is 0.222. The van der Waals surface area contributed by atoms with Gasteiger partial charge in [0.05, 0.1) is 0 Å². The normalized spacial score (nSPS) is 12.5. The van der Waals surface area contributed by atoms with Crippen LogP contribution in [0.15, 0.2) is 24.3 Å². The molecule has 0 aromatic heterocycles. The summed E-state index contributed by atoms with van der Waals surface area (Å²) in [7, 11) is 0. The van der Waals surface area contributed by atoms with Crippen LogP contribution in [0, 0.1) is 24.7 Å². The molecular weight excluding hydrogens is 365 g/mol. The molecular formula is C9H10AtNO2. The predicted molar refractivity (Wildman–Crippen MR) is 45.4 cm³/mol. The first kappa shape index (κ1) is 10.6. The summed E-state index contributed by atoms with van der Waals surface area (Å²) in [6.07, 6.45) is 0.391. The predicted octanol–water partition coefficient (Wildman–Crippen LogP) is -0.184. The van der Waals surface area contributed by atoms with Gasteiger partial charge in [-0.15, -0.1) is 0 Å². The van der Waals surface area contributed by atoms with Crippen LogP contribution in [0.25, 0.3) is 0 Å². The number of aliphatic carboxylic acids is 1. The molecule has 1 atom stereocenters. The Morgan fingerprint density at radius 1 is 1.46 bits per heavy atom. The van der Waals surface area contributed by atoms with Crippen molar-refractivity contribution in [3.05, 3.63) is 29.8 Å². The Hall–Kier alpha value is -0.467. The maximum absolute atomic E-state index is 10.4. The van der Waals surface area contributed by atoms with Crippen LogP contribution in [0.2, 0.25) is 0 Å². The van der Waals surface area contributed by atoms with Gasteiger partial charge in [-0.2, -0.15) is 0 Å². The molecule has 3 nitrogen and oxygen atoms in total. The first-order valence-electron chi connectivity index (χ1n) is 3.82. The molecule has 0 spiro atoms. The number of rotatable bonds is 3. The third-order valence-corrected chi connectivity index (χ3v) is 2.67. The van der Waals surface area contributed by atoms with E-state index in [1.807, 2.05) is 24.3 Å². The topological polar surface area (TPSA) is 63.3 Å². The van der Waals surface area contributed by atoms with Crippen molar-refractivity contribution < 1.29 is 34.6 Å². The number of benzene rings is 1. The minimum absolute atomic E-state index is 0.391. The number of hydrogen-bond donors (Lipinski definition) is 2. The summed E-state index contributed by atoms with van der Waals surface area (Å²) in [5.41, 5.74) is 6.36. The van der Waals surface area contributed by atoms with Gasteiger partial charge < -0.3 is 0 Å². The summed E-state index contributed by atoms with van der Waals surface area (Å²) in [4.78, 5) is 10.4. The van der Waals surface area contributed by atoms with Crippen molar-refractivity contribution in [1.82, 2.24) is 0 Å². The molecule has 1 unspecified atom stereocenters. The molecule has 0 aliphatic carbocycles. The van der Waals surface area contributed by atoms with Crippen LogP contribution in [0.4, 0.5) is 0 Å². The molecule has 0 amide bonds. The van der Waals surface area contributed by atoms with Gasteiger partial charge in [-0.1, -0.05) is 0 Å². The number of carbonyl (C=O) groups is 1. The molecule has 0 aliphatic heterocycles. The Kier molecular flexibility index (Phi) is 3.82. The van der Waals surface area contributed by atoms with Gasteiger partial charge in [-0.3, -0.25) is 0 Å². The van der Waals surface area contributed by atoms with Gasteiger partial charge in [-0.05, 0) is 0 Å². The standard InChI is InChI=1S/C9H10AtNO2/c10-7-3-1-6(2-4-7)5-8(11)9(12)13/h1-4,8H,5,11H2,(H,12,13)/i10+1. The van der Waals surface area contributed by atoms with E-state index in [2.05, 4.69) is 0 Å². The first-order valence-corrected chi connectivity index (χ1v) is 5.29. The molecule has 1 aromatic carbocycles. The Morgan fingerprint density at radius 3 is 2.46 bits per heavy atom. The number of nitrogens with two attached hydrogens (primary N) is 1. The SMILES string of the molecule is NC(Cc1ccc([211At])cc1)C(=O)O. The quantitative estimate of drug-likeness (QED) is 0.771. The molecule has 1 aromatic rings. The summed E-state index contributed by atoms with van der Waals surface area (Å²) >= 11 is 1.60. The summed E-state index contributed by atoms with van der Waals surface area (Å²) in [5, 5.41) is 8.58. The minimum atomic E-state index is -0.954. The first-order chi connectivity index (χ1) is 6.09. The van der Waals surface area contributed by atoms with E-state index in [9.17, 15) is 4.79 Å². The third-order valence-electron chi connectivity index (χ3n) is 1.69. The molecule has 0 saturated carbocycles. The zero-order chi connectivity index (χ0) is 9.84. The van der Waals surface area contributed by atoms with Gasteiger partial charge >= 0.3 is 91.9 Å². The van der Waals surface area contributed by atoms with Crippen molar-refractivity contribution in [2.24, 2.45) is 5.73 Å². The van der Waals surface area contributed by atoms with Gasteiger partial charge in [0.25, 0.3) is 0 Å². The fourth-order valence-corrected chi connectivity index (χ4v) is 1.45. The van der Waals surface area contributed by atoms with Gasteiger partial charge in [0.2, 0.25) is 0 Å². The molecule has 0 aliphatic rings. The van der Waals surface area contributed by atoms with Gasteiger partial charge in [0, 0.05) is 0 Å². The van der Waals surface area contributed by atoms with E-state index in [1.54, 1.807) is 24.7 Å². The Morgan fingerprint density at radius 2 is 2.00 bits per heavy atom. The van der Waals surface area contributed by atoms with Crippen LogP contribution >= 0.6 is 0 Å². The number of carboxylic acids is 1. The number of hydrogen-bond acceptors (Lipinski definition) is 2. The maximum atomic E-state index is 10.4. The van der Waals surface area contributed by atoms with E-state index in [0.717, 1.165) is 5.56 Å². The molecule has 0 bridgehead atoms. The summed E-state index contributed by atoms with van der Waals surface area (Å²) in [5.74, 6) is -0.954. The van der Waals surface area contributed by atoms with Crippen LogP contribution in [-0.4, -0.2) is 17.1 Å². The zero-order valence-corrected chi connectivity index (χ0v) is 9.84. The van der Waals surface area contributed by atoms with Crippen molar-refractivity contribution in [1.29, 1.82) is 0 Å². The van der Waals surface area contributed by atoms with Crippen molar-refractivity contribution in [2.45, 2.75) is 12.5 Å². The second-order valence-corrected chi connectivity index (χ2v) is 4.47. The molecule has 13 heavy (non-hydrogen) atoms. The van der Waals surface area contributed by atoms with E-state index >= 15 is 0 Å². The summed E-state index contributed by atoms with van der Waals surface area (Å²) in [6, 6.07) is 6.98. The monoisotopic (exact) mass is 375 g/mol. The van der Waals surface area contributed by atoms with E-state index < -0.39 is 12.0 Å². The summed E-state index contributed by atoms with van der Waals surface area (Å²) < 4.78 is 1.22. The molecule has 70 valence electrons. The second kappa shape index (κ2) is 4.68. The molecule has 3 N–H and O–H groups in total. The Labute approximate surface area is 91.8 Å². The molecule has 0 radical (unpaired) electrons. The summed E-state index contributed by atoms with van der Waals surface area (Å²) in [6.45, 7) is 0. The van der Waals surface area contributed by atoms with Crippen LogP contribution in [0.1, 0.15) is 5.56 Å². The average Bonchev–Trinajstić information content (AvgIpc) is 2.08. The molecule has 4 heteroatoms. The molecule has 1 rings (SSSR count). The molecule has 0 heterocycles. The average molecular weight is 375 g/mol. The van der Waals surface area contributed by atoms with Gasteiger partial charge in [0.15, 0.2) is 0 Å². The van der Waals surface area contributed by atoms with E-state index in [-0.39, 0.29) is 0 Å². The van der Waals surface area contributed by atoms with E-state index in [4.69, 9.17) is 10.8 Å². The van der Waals surface area contributed by atoms with Crippen molar-refractivity contribution in [3.8, 4) is 0 Å². The van der Waals surface area contributed by atoms with E-state index in [1.165, 1.54) is 3.27 Å². The van der Waals surface area contributed by atoms with Crippen LogP contribution in [-0.2, 0) is 11.2 Å². The van der Waals surface area contributed by atoms with Gasteiger partial charge in [0.1, 0.15) is 0 Å². The van der Waals surface area contributed by atoms with Crippen molar-refractivity contribution >= 4 is 9.24 Å². The fourth-order valence-electron chi connectivity index (χ4n) is 0.962. The Bertz CT molecular complexity index is 297. The van der Waals surface area contributed by atoms with Crippen LogP contribution in [0.3, 0.4) is 0 Å². The van der Waals surface area contributed by atoms with Crippen LogP contribution < -0.4 is 9.01 Å². The number of carboxylic acid groups (broad SMARTS) is 1. The van der Waals surface area contributed by atoms with E-state index in [0.29, 0.717) is 6.42 Å². The second-order valence-electron chi connectivity index (χ2n) is 2.78. The van der Waals surface area contributed by atoms with Crippen LogP contribution in [0.5, 0.6) is 0 Å². The molecule has 0 saturated heterocycles.